The number of sulfone groups is 1. The van der Waals surface area contributed by atoms with Gasteiger partial charge in [0, 0.05) is 28.4 Å². The maximum absolute atomic E-state index is 12.0. The number of amides is 1. The van der Waals surface area contributed by atoms with Crippen molar-refractivity contribution in [1.82, 2.24) is 0 Å². The van der Waals surface area contributed by atoms with Gasteiger partial charge in [0.2, 0.25) is 5.91 Å². The molecule has 0 N–H and O–H groups in total. The SMILES string of the molecule is Cc1c(Cl)cccc1N1C(=NC(=O)CCC(=O)[O-])S[C@@H]2CS(=O)(=O)C[C@H]21. The van der Waals surface area contributed by atoms with Crippen molar-refractivity contribution in [2.75, 3.05) is 16.4 Å². The van der Waals surface area contributed by atoms with Gasteiger partial charge in [-0.3, -0.25) is 4.79 Å². The van der Waals surface area contributed by atoms with Crippen LogP contribution < -0.4 is 10.0 Å². The minimum Gasteiger partial charge on any atom is -0.550 e. The molecule has 2 saturated heterocycles. The molecule has 2 aliphatic rings. The lowest BCUT2D eigenvalue weighted by Gasteiger charge is -2.26. The smallest absolute Gasteiger partial charge is 0.248 e. The Morgan fingerprint density at radius 1 is 1.35 bits per heavy atom. The third kappa shape index (κ3) is 3.89. The van der Waals surface area contributed by atoms with Gasteiger partial charge in [-0.1, -0.05) is 29.4 Å². The molecule has 2 heterocycles. The number of fused-ring (bicyclic) bond motifs is 1. The molecule has 0 aliphatic carbocycles. The van der Waals surface area contributed by atoms with Crippen molar-refractivity contribution in [1.29, 1.82) is 0 Å². The van der Waals surface area contributed by atoms with Crippen LogP contribution in [0, 0.1) is 6.92 Å². The van der Waals surface area contributed by atoms with E-state index in [2.05, 4.69) is 4.99 Å². The van der Waals surface area contributed by atoms with Crippen LogP contribution in [-0.4, -0.2) is 48.3 Å². The Hall–Kier alpha value is -1.58. The van der Waals surface area contributed by atoms with Crippen molar-refractivity contribution < 1.29 is 23.1 Å². The summed E-state index contributed by atoms with van der Waals surface area (Å²) in [6.45, 7) is 1.81. The van der Waals surface area contributed by atoms with Crippen molar-refractivity contribution in [2.24, 2.45) is 4.99 Å². The monoisotopic (exact) mass is 415 g/mol. The zero-order chi connectivity index (χ0) is 19.1. The molecular formula is C16H16ClN2O5S2-. The number of hydrogen-bond donors (Lipinski definition) is 0. The van der Waals surface area contributed by atoms with Crippen molar-refractivity contribution >= 4 is 55.9 Å². The molecule has 1 aromatic carbocycles. The first-order chi connectivity index (χ1) is 12.2. The molecule has 0 radical (unpaired) electrons. The quantitative estimate of drug-likeness (QED) is 0.715. The number of aliphatic imine (C=N–C) groups is 1. The van der Waals surface area contributed by atoms with Gasteiger partial charge in [-0.15, -0.1) is 0 Å². The van der Waals surface area contributed by atoms with Crippen molar-refractivity contribution in [3.63, 3.8) is 0 Å². The van der Waals surface area contributed by atoms with E-state index < -0.39 is 28.1 Å². The van der Waals surface area contributed by atoms with Gasteiger partial charge < -0.3 is 14.8 Å². The fourth-order valence-electron chi connectivity index (χ4n) is 3.07. The molecule has 0 aromatic heterocycles. The third-order valence-electron chi connectivity index (χ3n) is 4.33. The molecule has 140 valence electrons. The number of anilines is 1. The first-order valence-electron chi connectivity index (χ1n) is 7.91. The van der Waals surface area contributed by atoms with Crippen LogP contribution in [0.3, 0.4) is 0 Å². The summed E-state index contributed by atoms with van der Waals surface area (Å²) < 4.78 is 24.1. The Morgan fingerprint density at radius 2 is 2.08 bits per heavy atom. The summed E-state index contributed by atoms with van der Waals surface area (Å²) in [5, 5.41) is 11.2. The van der Waals surface area contributed by atoms with E-state index in [0.717, 1.165) is 5.56 Å². The fourth-order valence-corrected chi connectivity index (χ4v) is 7.17. The van der Waals surface area contributed by atoms with E-state index >= 15 is 0 Å². The van der Waals surface area contributed by atoms with Gasteiger partial charge in [0.05, 0.1) is 17.5 Å². The number of carboxylic acid groups (broad SMARTS) is 1. The van der Waals surface area contributed by atoms with E-state index in [1.165, 1.54) is 11.8 Å². The number of thioether (sulfide) groups is 1. The molecule has 0 saturated carbocycles. The summed E-state index contributed by atoms with van der Waals surface area (Å²) in [5.41, 5.74) is 1.45. The molecule has 10 heteroatoms. The number of aliphatic carboxylic acids is 1. The van der Waals surface area contributed by atoms with Gasteiger partial charge in [0.15, 0.2) is 15.0 Å². The molecule has 2 atom stereocenters. The van der Waals surface area contributed by atoms with E-state index in [9.17, 15) is 23.1 Å². The fraction of sp³-hybridized carbons (Fsp3) is 0.438. The maximum atomic E-state index is 12.0. The molecule has 3 rings (SSSR count). The van der Waals surface area contributed by atoms with E-state index in [1.807, 2.05) is 6.92 Å². The topological polar surface area (TPSA) is 107 Å². The number of carbonyl (C=O) groups is 2. The predicted octanol–water partition coefficient (Wildman–Crippen LogP) is 0.780. The van der Waals surface area contributed by atoms with Gasteiger partial charge in [0.25, 0.3) is 0 Å². The summed E-state index contributed by atoms with van der Waals surface area (Å²) in [4.78, 5) is 28.3. The van der Waals surface area contributed by atoms with Crippen molar-refractivity contribution in [2.45, 2.75) is 31.1 Å². The number of amidine groups is 1. The summed E-state index contributed by atoms with van der Waals surface area (Å²) in [6, 6.07) is 4.95. The van der Waals surface area contributed by atoms with Crippen LogP contribution in [0.2, 0.25) is 5.02 Å². The van der Waals surface area contributed by atoms with Gasteiger partial charge in [-0.05, 0) is 31.0 Å². The van der Waals surface area contributed by atoms with Crippen LogP contribution in [0.1, 0.15) is 18.4 Å². The average molecular weight is 416 g/mol. The first kappa shape index (κ1) is 19.2. The van der Waals surface area contributed by atoms with Gasteiger partial charge in [0.1, 0.15) is 0 Å². The molecule has 2 fully saturated rings. The lowest BCUT2D eigenvalue weighted by molar-refractivity contribution is -0.305. The van der Waals surface area contributed by atoms with Crippen LogP contribution in [0.25, 0.3) is 0 Å². The third-order valence-corrected chi connectivity index (χ3v) is 7.95. The summed E-state index contributed by atoms with van der Waals surface area (Å²) >= 11 is 7.43. The Balaban J connectivity index is 1.97. The number of rotatable bonds is 4. The standard InChI is InChI=1S/C16H17ClN2O5S2/c1-9-10(17)3-2-4-11(9)19-12-7-26(23,24)8-13(12)25-16(19)18-14(20)5-6-15(21)22/h2-4,12-13H,5-8H2,1H3,(H,21,22)/p-1/t12-,13-/m1/s1. The van der Waals surface area contributed by atoms with Crippen molar-refractivity contribution in [3.8, 4) is 0 Å². The molecule has 0 spiro atoms. The van der Waals surface area contributed by atoms with Crippen LogP contribution in [0.5, 0.6) is 0 Å². The summed E-state index contributed by atoms with van der Waals surface area (Å²) in [6.07, 6.45) is -0.667. The highest BCUT2D eigenvalue weighted by atomic mass is 35.5. The molecule has 1 amide bonds. The molecular weight excluding hydrogens is 400 g/mol. The number of nitrogens with zero attached hydrogens (tertiary/aromatic N) is 2. The van der Waals surface area contributed by atoms with Crippen LogP contribution >= 0.6 is 23.4 Å². The number of benzene rings is 1. The highest BCUT2D eigenvalue weighted by molar-refractivity contribution is 8.16. The number of carboxylic acids is 1. The minimum absolute atomic E-state index is 0.0186. The Kier molecular flexibility index (Phi) is 5.32. The van der Waals surface area contributed by atoms with Gasteiger partial charge >= 0.3 is 0 Å². The van der Waals surface area contributed by atoms with Crippen LogP contribution in [-0.2, 0) is 19.4 Å². The van der Waals surface area contributed by atoms with Gasteiger partial charge in [-0.25, -0.2) is 8.42 Å². The molecule has 0 unspecified atom stereocenters. The lowest BCUT2D eigenvalue weighted by Crippen LogP contribution is -2.38. The summed E-state index contributed by atoms with van der Waals surface area (Å²) in [5.74, 6) is -1.90. The Bertz CT molecular complexity index is 900. The second kappa shape index (κ2) is 7.21. The molecule has 0 bridgehead atoms. The number of halogens is 1. The minimum atomic E-state index is -3.16. The highest BCUT2D eigenvalue weighted by Crippen LogP contribution is 2.42. The Labute approximate surface area is 160 Å². The molecule has 1 aromatic rings. The van der Waals surface area contributed by atoms with E-state index in [-0.39, 0.29) is 29.2 Å². The van der Waals surface area contributed by atoms with E-state index in [4.69, 9.17) is 11.6 Å². The predicted molar refractivity (Wildman–Crippen MR) is 99.2 cm³/mol. The number of hydrogen-bond acceptors (Lipinski definition) is 6. The first-order valence-corrected chi connectivity index (χ1v) is 11.0. The van der Waals surface area contributed by atoms with Crippen LogP contribution in [0.15, 0.2) is 23.2 Å². The van der Waals surface area contributed by atoms with E-state index in [1.54, 1.807) is 23.1 Å². The lowest BCUT2D eigenvalue weighted by atomic mass is 10.1. The maximum Gasteiger partial charge on any atom is 0.248 e. The normalized spacial score (nSPS) is 25.5. The largest absolute Gasteiger partial charge is 0.550 e. The van der Waals surface area contributed by atoms with E-state index in [0.29, 0.717) is 15.9 Å². The highest BCUT2D eigenvalue weighted by Gasteiger charge is 2.49. The molecule has 7 nitrogen and oxygen atoms in total. The second-order valence-electron chi connectivity index (χ2n) is 6.21. The zero-order valence-corrected chi connectivity index (χ0v) is 16.2. The Morgan fingerprint density at radius 3 is 2.77 bits per heavy atom. The van der Waals surface area contributed by atoms with Gasteiger partial charge in [-0.2, -0.15) is 4.99 Å². The average Bonchev–Trinajstić information content (AvgIpc) is 2.99. The second-order valence-corrected chi connectivity index (χ2v) is 9.98. The van der Waals surface area contributed by atoms with Crippen molar-refractivity contribution in [3.05, 3.63) is 28.8 Å². The molecule has 2 aliphatic heterocycles. The number of carbonyl (C=O) groups excluding carboxylic acids is 2. The zero-order valence-electron chi connectivity index (χ0n) is 13.8. The summed E-state index contributed by atoms with van der Waals surface area (Å²) in [7, 11) is -3.16. The van der Waals surface area contributed by atoms with Crippen LogP contribution in [0.4, 0.5) is 5.69 Å². The molecule has 26 heavy (non-hydrogen) atoms.